The fraction of sp³-hybridized carbons (Fsp3) is 0.278. The fourth-order valence-electron chi connectivity index (χ4n) is 2.75. The Hall–Kier alpha value is -3.09. The molecule has 2 aromatic heterocycles. The van der Waals surface area contributed by atoms with Crippen LogP contribution in [0.2, 0.25) is 0 Å². The van der Waals surface area contributed by atoms with Crippen LogP contribution in [0.15, 0.2) is 40.1 Å². The molecule has 0 saturated carbocycles. The van der Waals surface area contributed by atoms with Crippen molar-refractivity contribution in [1.82, 2.24) is 19.9 Å². The monoisotopic (exact) mass is 340 g/mol. The van der Waals surface area contributed by atoms with Gasteiger partial charge in [-0.15, -0.1) is 0 Å². The summed E-state index contributed by atoms with van der Waals surface area (Å²) in [6.07, 6.45) is 1.55. The van der Waals surface area contributed by atoms with E-state index in [1.54, 1.807) is 0 Å². The van der Waals surface area contributed by atoms with Gasteiger partial charge in [0.25, 0.3) is 5.56 Å². The van der Waals surface area contributed by atoms with Gasteiger partial charge in [-0.2, -0.15) is 0 Å². The van der Waals surface area contributed by atoms with E-state index in [9.17, 15) is 14.4 Å². The van der Waals surface area contributed by atoms with Gasteiger partial charge in [-0.1, -0.05) is 6.07 Å². The number of hydrogen-bond acceptors (Lipinski definition) is 3. The Morgan fingerprint density at radius 2 is 1.96 bits per heavy atom. The zero-order valence-electron chi connectivity index (χ0n) is 14.2. The number of rotatable bonds is 5. The van der Waals surface area contributed by atoms with Gasteiger partial charge in [0, 0.05) is 48.4 Å². The molecule has 7 heteroatoms. The number of carbonyl (C=O) groups is 1. The zero-order chi connectivity index (χ0) is 18.0. The maximum atomic E-state index is 12.0. The Balaban J connectivity index is 1.59. The Morgan fingerprint density at radius 3 is 2.72 bits per heavy atom. The summed E-state index contributed by atoms with van der Waals surface area (Å²) in [6.45, 7) is 4.75. The van der Waals surface area contributed by atoms with Gasteiger partial charge in [0.2, 0.25) is 5.91 Å². The van der Waals surface area contributed by atoms with Crippen LogP contribution in [0.25, 0.3) is 10.9 Å². The van der Waals surface area contributed by atoms with E-state index in [4.69, 9.17) is 0 Å². The number of carbonyl (C=O) groups excluding carboxylic acids is 1. The summed E-state index contributed by atoms with van der Waals surface area (Å²) in [4.78, 5) is 40.1. The minimum Gasteiger partial charge on any atom is -0.358 e. The van der Waals surface area contributed by atoms with Crippen LogP contribution in [0, 0.1) is 13.8 Å². The van der Waals surface area contributed by atoms with E-state index in [-0.39, 0.29) is 18.9 Å². The first-order valence-corrected chi connectivity index (χ1v) is 8.08. The second-order valence-corrected chi connectivity index (χ2v) is 6.09. The van der Waals surface area contributed by atoms with Crippen LogP contribution < -0.4 is 16.6 Å². The number of nitrogens with zero attached hydrogens (tertiary/aromatic N) is 1. The summed E-state index contributed by atoms with van der Waals surface area (Å²) in [5.41, 5.74) is 3.50. The molecule has 3 aromatic rings. The van der Waals surface area contributed by atoms with Crippen LogP contribution in [0.5, 0.6) is 0 Å². The van der Waals surface area contributed by atoms with Gasteiger partial charge >= 0.3 is 5.69 Å². The largest absolute Gasteiger partial charge is 0.358 e. The Morgan fingerprint density at radius 1 is 1.16 bits per heavy atom. The van der Waals surface area contributed by atoms with Crippen molar-refractivity contribution in [3.63, 3.8) is 0 Å². The first-order valence-electron chi connectivity index (χ1n) is 8.08. The molecule has 0 saturated heterocycles. The first-order chi connectivity index (χ1) is 11.9. The average Bonchev–Trinajstić information content (AvgIpc) is 2.86. The molecule has 3 N–H and O–H groups in total. The standard InChI is InChI=1S/C18H20N4O3/c1-11-12(2)20-15-4-3-13(9-14(11)15)10-19-16(23)5-7-22-8-6-17(24)21-18(22)25/h3-4,6,8-9,20H,5,7,10H2,1-2H3,(H,19,23)(H,21,24,25). The summed E-state index contributed by atoms with van der Waals surface area (Å²) in [7, 11) is 0. The lowest BCUT2D eigenvalue weighted by Gasteiger charge is -2.07. The van der Waals surface area contributed by atoms with Gasteiger partial charge in [0.15, 0.2) is 0 Å². The lowest BCUT2D eigenvalue weighted by molar-refractivity contribution is -0.121. The minimum absolute atomic E-state index is 0.153. The lowest BCUT2D eigenvalue weighted by atomic mass is 10.1. The molecule has 130 valence electrons. The number of aryl methyl sites for hydroxylation is 3. The molecule has 1 amide bonds. The Kier molecular flexibility index (Phi) is 4.56. The number of aromatic amines is 2. The zero-order valence-corrected chi connectivity index (χ0v) is 14.2. The third-order valence-electron chi connectivity index (χ3n) is 4.34. The molecule has 0 aliphatic rings. The SMILES string of the molecule is Cc1[nH]c2ccc(CNC(=O)CCn3ccc(=O)[nH]c3=O)cc2c1C. The maximum Gasteiger partial charge on any atom is 0.328 e. The van der Waals surface area contributed by atoms with Crippen molar-refractivity contribution in [2.45, 2.75) is 33.4 Å². The number of fused-ring (bicyclic) bond motifs is 1. The number of hydrogen-bond donors (Lipinski definition) is 3. The molecule has 0 unspecified atom stereocenters. The quantitative estimate of drug-likeness (QED) is 0.653. The van der Waals surface area contributed by atoms with Crippen molar-refractivity contribution in [1.29, 1.82) is 0 Å². The molecule has 0 fully saturated rings. The van der Waals surface area contributed by atoms with E-state index in [0.29, 0.717) is 6.54 Å². The van der Waals surface area contributed by atoms with Crippen molar-refractivity contribution in [3.8, 4) is 0 Å². The van der Waals surface area contributed by atoms with Crippen LogP contribution in [-0.4, -0.2) is 20.4 Å². The summed E-state index contributed by atoms with van der Waals surface area (Å²) >= 11 is 0. The number of nitrogens with one attached hydrogen (secondary N) is 3. The highest BCUT2D eigenvalue weighted by molar-refractivity contribution is 5.85. The van der Waals surface area contributed by atoms with E-state index >= 15 is 0 Å². The van der Waals surface area contributed by atoms with Gasteiger partial charge in [-0.05, 0) is 37.1 Å². The number of amides is 1. The second kappa shape index (κ2) is 6.80. The third-order valence-corrected chi connectivity index (χ3v) is 4.34. The highest BCUT2D eigenvalue weighted by atomic mass is 16.2. The summed E-state index contributed by atoms with van der Waals surface area (Å²) in [5, 5.41) is 4.01. The van der Waals surface area contributed by atoms with Gasteiger partial charge in [-0.3, -0.25) is 14.6 Å². The molecule has 0 atom stereocenters. The van der Waals surface area contributed by atoms with E-state index in [0.717, 1.165) is 22.2 Å². The van der Waals surface area contributed by atoms with Crippen molar-refractivity contribution in [2.75, 3.05) is 0 Å². The average molecular weight is 340 g/mol. The fourth-order valence-corrected chi connectivity index (χ4v) is 2.75. The molecule has 0 aliphatic heterocycles. The second-order valence-electron chi connectivity index (χ2n) is 6.09. The van der Waals surface area contributed by atoms with E-state index in [1.807, 2.05) is 19.1 Å². The summed E-state index contributed by atoms with van der Waals surface area (Å²) in [5.74, 6) is -0.153. The number of benzene rings is 1. The highest BCUT2D eigenvalue weighted by Crippen LogP contribution is 2.22. The predicted octanol–water partition coefficient (Wildman–Crippen LogP) is 1.34. The molecular weight excluding hydrogens is 320 g/mol. The van der Waals surface area contributed by atoms with Gasteiger partial charge in [0.05, 0.1) is 0 Å². The molecule has 1 aromatic carbocycles. The van der Waals surface area contributed by atoms with Gasteiger partial charge < -0.3 is 14.9 Å². The molecule has 2 heterocycles. The topological polar surface area (TPSA) is 99.8 Å². The number of aromatic nitrogens is 3. The van der Waals surface area contributed by atoms with Crippen molar-refractivity contribution in [2.24, 2.45) is 0 Å². The summed E-state index contributed by atoms with van der Waals surface area (Å²) < 4.78 is 1.30. The molecule has 0 aliphatic carbocycles. The smallest absolute Gasteiger partial charge is 0.328 e. The Bertz CT molecular complexity index is 1040. The molecule has 0 spiro atoms. The van der Waals surface area contributed by atoms with Gasteiger partial charge in [0.1, 0.15) is 0 Å². The maximum absolute atomic E-state index is 12.0. The molecule has 3 rings (SSSR count). The Labute approximate surface area is 143 Å². The van der Waals surface area contributed by atoms with Crippen molar-refractivity contribution < 1.29 is 4.79 Å². The number of H-pyrrole nitrogens is 2. The van der Waals surface area contributed by atoms with E-state index < -0.39 is 11.2 Å². The van der Waals surface area contributed by atoms with Gasteiger partial charge in [-0.25, -0.2) is 4.79 Å². The first kappa shape index (κ1) is 16.8. The lowest BCUT2D eigenvalue weighted by Crippen LogP contribution is -2.31. The van der Waals surface area contributed by atoms with Crippen LogP contribution in [0.3, 0.4) is 0 Å². The van der Waals surface area contributed by atoms with Crippen LogP contribution in [0.4, 0.5) is 0 Å². The van der Waals surface area contributed by atoms with Crippen molar-refractivity contribution >= 4 is 16.8 Å². The predicted molar refractivity (Wildman–Crippen MR) is 95.6 cm³/mol. The molecule has 7 nitrogen and oxygen atoms in total. The van der Waals surface area contributed by atoms with E-state index in [1.165, 1.54) is 22.4 Å². The van der Waals surface area contributed by atoms with Crippen LogP contribution >= 0.6 is 0 Å². The minimum atomic E-state index is -0.510. The van der Waals surface area contributed by atoms with Crippen LogP contribution in [0.1, 0.15) is 23.2 Å². The molecule has 0 radical (unpaired) electrons. The third kappa shape index (κ3) is 3.71. The molecule has 25 heavy (non-hydrogen) atoms. The van der Waals surface area contributed by atoms with Crippen molar-refractivity contribution in [3.05, 3.63) is 68.1 Å². The highest BCUT2D eigenvalue weighted by Gasteiger charge is 2.07. The van der Waals surface area contributed by atoms with E-state index in [2.05, 4.69) is 28.3 Å². The van der Waals surface area contributed by atoms with Crippen LogP contribution in [-0.2, 0) is 17.9 Å². The molecular formula is C18H20N4O3. The normalized spacial score (nSPS) is 11.0. The summed E-state index contributed by atoms with van der Waals surface area (Å²) in [6, 6.07) is 7.32. The molecule has 0 bridgehead atoms.